The Hall–Kier alpha value is -3.15. The van der Waals surface area contributed by atoms with Crippen molar-refractivity contribution in [3.63, 3.8) is 0 Å². The smallest absolute Gasteiger partial charge is 0.309 e. The number of esters is 1. The first-order chi connectivity index (χ1) is 13.5. The largest absolute Gasteiger partial charge is 0.461 e. The summed E-state index contributed by atoms with van der Waals surface area (Å²) in [6, 6.07) is 14.2. The van der Waals surface area contributed by atoms with Crippen LogP contribution >= 0.6 is 0 Å². The Labute approximate surface area is 164 Å². The average Bonchev–Trinajstić information content (AvgIpc) is 2.72. The maximum Gasteiger partial charge on any atom is 0.309 e. The highest BCUT2D eigenvalue weighted by molar-refractivity contribution is 5.95. The molecule has 2 aromatic carbocycles. The van der Waals surface area contributed by atoms with E-state index < -0.39 is 5.91 Å². The van der Waals surface area contributed by atoms with Crippen molar-refractivity contribution in [2.24, 2.45) is 11.7 Å². The second-order valence-electron chi connectivity index (χ2n) is 7.05. The van der Waals surface area contributed by atoms with E-state index in [9.17, 15) is 14.4 Å². The van der Waals surface area contributed by atoms with Crippen molar-refractivity contribution in [3.05, 3.63) is 70.8 Å². The first-order valence-electron chi connectivity index (χ1n) is 9.36. The monoisotopic (exact) mass is 380 g/mol. The number of ether oxygens (including phenoxy) is 1. The number of likely N-dealkylation sites (tertiary alicyclic amines) is 1. The fourth-order valence-corrected chi connectivity index (χ4v) is 3.34. The summed E-state index contributed by atoms with van der Waals surface area (Å²) in [5, 5.41) is 0. The Balaban J connectivity index is 1.49. The normalized spacial score (nSPS) is 14.5. The van der Waals surface area contributed by atoms with Crippen LogP contribution < -0.4 is 5.73 Å². The van der Waals surface area contributed by atoms with Gasteiger partial charge < -0.3 is 15.4 Å². The Morgan fingerprint density at radius 2 is 1.68 bits per heavy atom. The Bertz CT molecular complexity index is 868. The summed E-state index contributed by atoms with van der Waals surface area (Å²) in [6.07, 6.45) is 1.19. The molecule has 1 heterocycles. The lowest BCUT2D eigenvalue weighted by Crippen LogP contribution is -2.40. The molecule has 1 aliphatic rings. The van der Waals surface area contributed by atoms with Gasteiger partial charge in [-0.15, -0.1) is 0 Å². The Kier molecular flexibility index (Phi) is 6.09. The second-order valence-corrected chi connectivity index (χ2v) is 7.05. The molecule has 146 valence electrons. The van der Waals surface area contributed by atoms with E-state index in [1.165, 1.54) is 0 Å². The van der Waals surface area contributed by atoms with E-state index in [4.69, 9.17) is 10.5 Å². The zero-order valence-corrected chi connectivity index (χ0v) is 15.9. The number of carbonyl (C=O) groups excluding carboxylic acids is 3. The highest BCUT2D eigenvalue weighted by Gasteiger charge is 2.29. The SMILES string of the molecule is Cc1ccccc1C(=O)N1CCC(C(=O)OCc2ccc(C(N)=O)cc2)CC1. The van der Waals surface area contributed by atoms with Gasteiger partial charge in [0.05, 0.1) is 5.92 Å². The molecule has 0 bridgehead atoms. The maximum atomic E-state index is 12.7. The van der Waals surface area contributed by atoms with Gasteiger partial charge in [0.1, 0.15) is 6.61 Å². The van der Waals surface area contributed by atoms with Crippen LogP contribution in [-0.4, -0.2) is 35.8 Å². The molecular weight excluding hydrogens is 356 g/mol. The van der Waals surface area contributed by atoms with E-state index >= 15 is 0 Å². The van der Waals surface area contributed by atoms with Crippen LogP contribution in [0, 0.1) is 12.8 Å². The average molecular weight is 380 g/mol. The second kappa shape index (κ2) is 8.69. The van der Waals surface area contributed by atoms with Crippen LogP contribution in [-0.2, 0) is 16.1 Å². The molecule has 0 saturated carbocycles. The van der Waals surface area contributed by atoms with Crippen LogP contribution in [0.5, 0.6) is 0 Å². The lowest BCUT2D eigenvalue weighted by molar-refractivity contribution is -0.151. The lowest BCUT2D eigenvalue weighted by Gasteiger charge is -2.31. The van der Waals surface area contributed by atoms with Crippen LogP contribution in [0.3, 0.4) is 0 Å². The molecule has 0 spiro atoms. The van der Waals surface area contributed by atoms with Crippen LogP contribution in [0.25, 0.3) is 0 Å². The molecule has 6 heteroatoms. The van der Waals surface area contributed by atoms with Crippen molar-refractivity contribution in [2.45, 2.75) is 26.4 Å². The fraction of sp³-hybridized carbons (Fsp3) is 0.318. The van der Waals surface area contributed by atoms with Crippen molar-refractivity contribution >= 4 is 17.8 Å². The first-order valence-corrected chi connectivity index (χ1v) is 9.36. The van der Waals surface area contributed by atoms with Gasteiger partial charge in [0.15, 0.2) is 0 Å². The molecule has 0 aromatic heterocycles. The minimum Gasteiger partial charge on any atom is -0.461 e. The number of nitrogens with two attached hydrogens (primary N) is 1. The zero-order valence-electron chi connectivity index (χ0n) is 15.9. The van der Waals surface area contributed by atoms with Crippen LogP contribution in [0.15, 0.2) is 48.5 Å². The predicted octanol–water partition coefficient (Wildman–Crippen LogP) is 2.69. The van der Waals surface area contributed by atoms with E-state index in [1.54, 1.807) is 29.2 Å². The van der Waals surface area contributed by atoms with Crippen molar-refractivity contribution in [1.29, 1.82) is 0 Å². The molecule has 28 heavy (non-hydrogen) atoms. The minimum absolute atomic E-state index is 0.0134. The standard InChI is InChI=1S/C22H24N2O4/c1-15-4-2-3-5-19(15)21(26)24-12-10-18(11-13-24)22(27)28-14-16-6-8-17(9-7-16)20(23)25/h2-9,18H,10-14H2,1H3,(H2,23,25). The van der Waals surface area contributed by atoms with Gasteiger partial charge in [0, 0.05) is 24.2 Å². The summed E-state index contributed by atoms with van der Waals surface area (Å²) in [6.45, 7) is 3.16. The summed E-state index contributed by atoms with van der Waals surface area (Å²) in [4.78, 5) is 37.9. The highest BCUT2D eigenvalue weighted by Crippen LogP contribution is 2.22. The number of hydrogen-bond donors (Lipinski definition) is 1. The molecular formula is C22H24N2O4. The minimum atomic E-state index is -0.490. The van der Waals surface area contributed by atoms with E-state index in [0.29, 0.717) is 37.1 Å². The van der Waals surface area contributed by atoms with Gasteiger partial charge in [-0.05, 0) is 49.1 Å². The van der Waals surface area contributed by atoms with Gasteiger partial charge in [-0.2, -0.15) is 0 Å². The number of nitrogens with zero attached hydrogens (tertiary/aromatic N) is 1. The number of amides is 2. The molecule has 1 fully saturated rings. The molecule has 6 nitrogen and oxygen atoms in total. The number of carbonyl (C=O) groups is 3. The Morgan fingerprint density at radius 1 is 1.04 bits per heavy atom. The third kappa shape index (κ3) is 4.57. The van der Waals surface area contributed by atoms with E-state index in [1.807, 2.05) is 31.2 Å². The van der Waals surface area contributed by atoms with Crippen LogP contribution in [0.4, 0.5) is 0 Å². The molecule has 3 rings (SSSR count). The summed E-state index contributed by atoms with van der Waals surface area (Å²) < 4.78 is 5.41. The van der Waals surface area contributed by atoms with Gasteiger partial charge in [0.2, 0.25) is 5.91 Å². The van der Waals surface area contributed by atoms with Gasteiger partial charge in [0.25, 0.3) is 5.91 Å². The summed E-state index contributed by atoms with van der Waals surface area (Å²) in [5.74, 6) is -0.928. The molecule has 1 aliphatic heterocycles. The molecule has 2 aromatic rings. The van der Waals surface area contributed by atoms with Gasteiger partial charge in [-0.1, -0.05) is 30.3 Å². The number of hydrogen-bond acceptors (Lipinski definition) is 4. The number of primary amides is 1. The van der Waals surface area contributed by atoms with E-state index in [-0.39, 0.29) is 24.4 Å². The molecule has 0 unspecified atom stereocenters. The zero-order chi connectivity index (χ0) is 20.1. The Morgan fingerprint density at radius 3 is 2.29 bits per heavy atom. The molecule has 0 atom stereocenters. The molecule has 2 amide bonds. The van der Waals surface area contributed by atoms with Crippen molar-refractivity contribution in [3.8, 4) is 0 Å². The number of rotatable bonds is 5. The summed E-state index contributed by atoms with van der Waals surface area (Å²) in [7, 11) is 0. The van der Waals surface area contributed by atoms with Crippen molar-refractivity contribution in [1.82, 2.24) is 4.90 Å². The van der Waals surface area contributed by atoms with Crippen molar-refractivity contribution < 1.29 is 19.1 Å². The lowest BCUT2D eigenvalue weighted by atomic mass is 9.96. The quantitative estimate of drug-likeness (QED) is 0.808. The third-order valence-corrected chi connectivity index (χ3v) is 5.11. The van der Waals surface area contributed by atoms with E-state index in [2.05, 4.69) is 0 Å². The molecule has 0 radical (unpaired) electrons. The third-order valence-electron chi connectivity index (χ3n) is 5.11. The number of aryl methyl sites for hydroxylation is 1. The molecule has 1 saturated heterocycles. The number of benzene rings is 2. The topological polar surface area (TPSA) is 89.7 Å². The highest BCUT2D eigenvalue weighted by atomic mass is 16.5. The molecule has 2 N–H and O–H groups in total. The van der Waals surface area contributed by atoms with E-state index in [0.717, 1.165) is 11.1 Å². The van der Waals surface area contributed by atoms with Gasteiger partial charge in [-0.3, -0.25) is 14.4 Å². The fourth-order valence-electron chi connectivity index (χ4n) is 3.34. The van der Waals surface area contributed by atoms with Gasteiger partial charge in [-0.25, -0.2) is 0 Å². The maximum absolute atomic E-state index is 12.7. The summed E-state index contributed by atoms with van der Waals surface area (Å²) in [5.41, 5.74) is 8.09. The predicted molar refractivity (Wildman–Crippen MR) is 105 cm³/mol. The summed E-state index contributed by atoms with van der Waals surface area (Å²) >= 11 is 0. The van der Waals surface area contributed by atoms with Gasteiger partial charge >= 0.3 is 5.97 Å². The van der Waals surface area contributed by atoms with Crippen LogP contribution in [0.2, 0.25) is 0 Å². The van der Waals surface area contributed by atoms with Crippen LogP contribution in [0.1, 0.15) is 44.7 Å². The molecule has 0 aliphatic carbocycles. The van der Waals surface area contributed by atoms with Crippen molar-refractivity contribution in [2.75, 3.05) is 13.1 Å². The number of piperidine rings is 1. The first kappa shape index (κ1) is 19.6.